The van der Waals surface area contributed by atoms with Crippen LogP contribution < -0.4 is 5.32 Å². The minimum Gasteiger partial charge on any atom is -0.328 e. The molecule has 1 N–H and O–H groups in total. The fourth-order valence-electron chi connectivity index (χ4n) is 0.883. The van der Waals surface area contributed by atoms with Crippen LogP contribution in [0.15, 0.2) is 18.3 Å². The van der Waals surface area contributed by atoms with Crippen molar-refractivity contribution in [2.24, 2.45) is 0 Å². The molecule has 0 bridgehead atoms. The predicted molar refractivity (Wildman–Crippen MR) is 56.3 cm³/mol. The number of nitriles is 1. The molecule has 0 aliphatic rings. The van der Waals surface area contributed by atoms with Crippen LogP contribution in [0, 0.1) is 11.3 Å². The van der Waals surface area contributed by atoms with E-state index < -0.39 is 0 Å². The summed E-state index contributed by atoms with van der Waals surface area (Å²) in [5, 5.41) is 11.2. The topological polar surface area (TPSA) is 69.0 Å². The Labute approximate surface area is 88.3 Å². The van der Waals surface area contributed by atoms with Gasteiger partial charge in [0.05, 0.1) is 5.56 Å². The second kappa shape index (κ2) is 4.96. The highest BCUT2D eigenvalue weighted by Gasteiger charge is 2.06. The van der Waals surface area contributed by atoms with E-state index >= 15 is 0 Å². The standard InChI is InChI=1S/C10H12N4O/c1-3-14(2)10(15)13-9-5-4-8(6-11)7-12-9/h4-5,7H,3H2,1-2H3,(H,12,13,15). The quantitative estimate of drug-likeness (QED) is 0.792. The van der Waals surface area contributed by atoms with Gasteiger partial charge in [0.1, 0.15) is 11.9 Å². The Morgan fingerprint density at radius 2 is 2.40 bits per heavy atom. The first-order valence-corrected chi connectivity index (χ1v) is 4.55. The lowest BCUT2D eigenvalue weighted by molar-refractivity contribution is 0.224. The van der Waals surface area contributed by atoms with Crippen LogP contribution in [0.4, 0.5) is 10.6 Å². The summed E-state index contributed by atoms with van der Waals surface area (Å²) in [5.74, 6) is 0.444. The third-order valence-corrected chi connectivity index (χ3v) is 1.95. The van der Waals surface area contributed by atoms with Gasteiger partial charge in [-0.25, -0.2) is 9.78 Å². The van der Waals surface area contributed by atoms with Crippen molar-refractivity contribution in [3.05, 3.63) is 23.9 Å². The number of carbonyl (C=O) groups is 1. The number of urea groups is 1. The minimum atomic E-state index is -0.213. The van der Waals surface area contributed by atoms with Gasteiger partial charge < -0.3 is 4.90 Å². The van der Waals surface area contributed by atoms with Crippen molar-refractivity contribution >= 4 is 11.8 Å². The summed E-state index contributed by atoms with van der Waals surface area (Å²) in [7, 11) is 1.69. The molecule has 1 aromatic heterocycles. The van der Waals surface area contributed by atoms with Crippen LogP contribution in [0.5, 0.6) is 0 Å². The molecule has 0 unspecified atom stereocenters. The first kappa shape index (κ1) is 11.0. The van der Waals surface area contributed by atoms with E-state index in [1.807, 2.05) is 13.0 Å². The molecule has 1 heterocycles. The van der Waals surface area contributed by atoms with E-state index in [-0.39, 0.29) is 6.03 Å². The monoisotopic (exact) mass is 204 g/mol. The van der Waals surface area contributed by atoms with Crippen LogP contribution in [0.3, 0.4) is 0 Å². The fraction of sp³-hybridized carbons (Fsp3) is 0.300. The van der Waals surface area contributed by atoms with Gasteiger partial charge in [-0.2, -0.15) is 5.26 Å². The molecule has 0 atom stereocenters. The van der Waals surface area contributed by atoms with Crippen molar-refractivity contribution in [2.45, 2.75) is 6.92 Å². The summed E-state index contributed by atoms with van der Waals surface area (Å²) in [6, 6.07) is 4.95. The van der Waals surface area contributed by atoms with Gasteiger partial charge in [-0.3, -0.25) is 5.32 Å². The first-order valence-electron chi connectivity index (χ1n) is 4.55. The van der Waals surface area contributed by atoms with Crippen molar-refractivity contribution in [2.75, 3.05) is 18.9 Å². The second-order valence-electron chi connectivity index (χ2n) is 2.99. The SMILES string of the molecule is CCN(C)C(=O)Nc1ccc(C#N)cn1. The van der Waals surface area contributed by atoms with E-state index in [1.54, 1.807) is 19.2 Å². The van der Waals surface area contributed by atoms with Gasteiger partial charge in [0.25, 0.3) is 0 Å². The lowest BCUT2D eigenvalue weighted by Gasteiger charge is -2.14. The molecule has 1 rings (SSSR count). The molecule has 0 aliphatic carbocycles. The summed E-state index contributed by atoms with van der Waals surface area (Å²) in [6.45, 7) is 2.51. The number of amides is 2. The third-order valence-electron chi connectivity index (χ3n) is 1.95. The highest BCUT2D eigenvalue weighted by Crippen LogP contribution is 2.04. The zero-order chi connectivity index (χ0) is 11.3. The van der Waals surface area contributed by atoms with Crippen LogP contribution in [0.1, 0.15) is 12.5 Å². The fourth-order valence-corrected chi connectivity index (χ4v) is 0.883. The number of aromatic nitrogens is 1. The molecule has 0 aliphatic heterocycles. The maximum atomic E-state index is 11.4. The number of hydrogen-bond acceptors (Lipinski definition) is 3. The van der Waals surface area contributed by atoms with Gasteiger partial charge >= 0.3 is 6.03 Å². The first-order chi connectivity index (χ1) is 7.17. The summed E-state index contributed by atoms with van der Waals surface area (Å²) in [5.41, 5.74) is 0.469. The molecule has 5 heteroatoms. The van der Waals surface area contributed by atoms with Gasteiger partial charge in [-0.15, -0.1) is 0 Å². The predicted octanol–water partition coefficient (Wildman–Crippen LogP) is 1.44. The van der Waals surface area contributed by atoms with Crippen LogP contribution in [0.25, 0.3) is 0 Å². The van der Waals surface area contributed by atoms with Gasteiger partial charge in [0, 0.05) is 19.8 Å². The lowest BCUT2D eigenvalue weighted by Crippen LogP contribution is -2.31. The minimum absolute atomic E-state index is 0.213. The molecule has 0 radical (unpaired) electrons. The van der Waals surface area contributed by atoms with E-state index in [0.717, 1.165) is 0 Å². The number of anilines is 1. The Hall–Kier alpha value is -2.09. The van der Waals surface area contributed by atoms with E-state index in [4.69, 9.17) is 5.26 Å². The van der Waals surface area contributed by atoms with E-state index in [0.29, 0.717) is 17.9 Å². The van der Waals surface area contributed by atoms with E-state index in [1.165, 1.54) is 11.1 Å². The number of nitrogens with zero attached hydrogens (tertiary/aromatic N) is 3. The maximum Gasteiger partial charge on any atom is 0.322 e. The molecule has 2 amide bonds. The molecular formula is C10H12N4O. The highest BCUT2D eigenvalue weighted by atomic mass is 16.2. The smallest absolute Gasteiger partial charge is 0.322 e. The number of hydrogen-bond donors (Lipinski definition) is 1. The Kier molecular flexibility index (Phi) is 3.63. The lowest BCUT2D eigenvalue weighted by atomic mass is 10.3. The zero-order valence-electron chi connectivity index (χ0n) is 8.69. The molecule has 0 saturated heterocycles. The number of nitrogens with one attached hydrogen (secondary N) is 1. The van der Waals surface area contributed by atoms with Crippen LogP contribution in [-0.2, 0) is 0 Å². The van der Waals surface area contributed by atoms with Crippen molar-refractivity contribution in [1.29, 1.82) is 5.26 Å². The molecule has 1 aromatic rings. The van der Waals surface area contributed by atoms with Crippen LogP contribution in [0.2, 0.25) is 0 Å². The Bertz CT molecular complexity index is 379. The Morgan fingerprint density at radius 3 is 2.87 bits per heavy atom. The molecule has 0 aromatic carbocycles. The summed E-state index contributed by atoms with van der Waals surface area (Å²) >= 11 is 0. The molecule has 5 nitrogen and oxygen atoms in total. The van der Waals surface area contributed by atoms with Crippen molar-refractivity contribution < 1.29 is 4.79 Å². The molecule has 78 valence electrons. The molecular weight excluding hydrogens is 192 g/mol. The van der Waals surface area contributed by atoms with Crippen LogP contribution >= 0.6 is 0 Å². The van der Waals surface area contributed by atoms with Crippen LogP contribution in [-0.4, -0.2) is 29.5 Å². The second-order valence-corrected chi connectivity index (χ2v) is 2.99. The van der Waals surface area contributed by atoms with Crippen molar-refractivity contribution in [3.8, 4) is 6.07 Å². The highest BCUT2D eigenvalue weighted by molar-refractivity contribution is 5.88. The molecule has 0 fully saturated rings. The summed E-state index contributed by atoms with van der Waals surface area (Å²) < 4.78 is 0. The number of rotatable bonds is 2. The molecule has 0 saturated carbocycles. The zero-order valence-corrected chi connectivity index (χ0v) is 8.69. The van der Waals surface area contributed by atoms with Crippen molar-refractivity contribution in [1.82, 2.24) is 9.88 Å². The van der Waals surface area contributed by atoms with Gasteiger partial charge in [0.2, 0.25) is 0 Å². The largest absolute Gasteiger partial charge is 0.328 e. The Morgan fingerprint density at radius 1 is 1.67 bits per heavy atom. The third kappa shape index (κ3) is 2.95. The average molecular weight is 204 g/mol. The van der Waals surface area contributed by atoms with Crippen molar-refractivity contribution in [3.63, 3.8) is 0 Å². The average Bonchev–Trinajstić information content (AvgIpc) is 2.29. The summed E-state index contributed by atoms with van der Waals surface area (Å²) in [4.78, 5) is 16.9. The van der Waals surface area contributed by atoms with E-state index in [9.17, 15) is 4.79 Å². The molecule has 0 spiro atoms. The number of carbonyl (C=O) groups excluding carboxylic acids is 1. The normalized spacial score (nSPS) is 9.13. The Balaban J connectivity index is 2.66. The van der Waals surface area contributed by atoms with Gasteiger partial charge in [-0.05, 0) is 19.1 Å². The van der Waals surface area contributed by atoms with Gasteiger partial charge in [0.15, 0.2) is 0 Å². The van der Waals surface area contributed by atoms with E-state index in [2.05, 4.69) is 10.3 Å². The molecule has 15 heavy (non-hydrogen) atoms. The maximum absolute atomic E-state index is 11.4. The number of pyridine rings is 1. The summed E-state index contributed by atoms with van der Waals surface area (Å²) in [6.07, 6.45) is 1.42. The van der Waals surface area contributed by atoms with Gasteiger partial charge in [-0.1, -0.05) is 0 Å².